The topological polar surface area (TPSA) is 151 Å². The van der Waals surface area contributed by atoms with Gasteiger partial charge in [-0.1, -0.05) is 79.2 Å². The van der Waals surface area contributed by atoms with Gasteiger partial charge < -0.3 is 24.8 Å². The second-order valence-electron chi connectivity index (χ2n) is 12.7. The van der Waals surface area contributed by atoms with Gasteiger partial charge in [0.25, 0.3) is 0 Å². The fourth-order valence-electron chi connectivity index (χ4n) is 6.32. The second kappa shape index (κ2) is 18.3. The molecule has 0 heterocycles. The number of benzene rings is 4. The minimum absolute atomic E-state index is 0.0908. The first-order valence-corrected chi connectivity index (χ1v) is 20.0. The van der Waals surface area contributed by atoms with E-state index in [4.69, 9.17) is 9.47 Å². The molecular weight excluding hydrogens is 703 g/mol. The summed E-state index contributed by atoms with van der Waals surface area (Å²) in [6.45, 7) is 0.545. The lowest BCUT2D eigenvalue weighted by Gasteiger charge is -2.17. The van der Waals surface area contributed by atoms with Gasteiger partial charge in [-0.3, -0.25) is 4.79 Å². The molecule has 0 aromatic heterocycles. The molecule has 11 nitrogen and oxygen atoms in total. The Labute approximate surface area is 309 Å². The Kier molecular flexibility index (Phi) is 13.6. The number of unbranched alkanes of at least 4 members (excludes halogenated alkanes) is 2. The molecule has 5 rings (SSSR count). The van der Waals surface area contributed by atoms with Gasteiger partial charge in [-0.15, -0.1) is 0 Å². The molecule has 4 aromatic carbocycles. The van der Waals surface area contributed by atoms with Gasteiger partial charge >= 0.3 is 18.0 Å². The van der Waals surface area contributed by atoms with Gasteiger partial charge in [0.05, 0.1) is 11.5 Å². The van der Waals surface area contributed by atoms with Crippen molar-refractivity contribution in [2.45, 2.75) is 49.0 Å². The van der Waals surface area contributed by atoms with Crippen molar-refractivity contribution in [1.29, 1.82) is 0 Å². The summed E-state index contributed by atoms with van der Waals surface area (Å²) >= 11 is 1.34. The number of hydrogen-bond donors (Lipinski definition) is 3. The molecule has 1 aliphatic rings. The number of amides is 1. The number of hydrogen-bond acceptors (Lipinski definition) is 9. The number of carboxylic acid groups (broad SMARTS) is 1. The summed E-state index contributed by atoms with van der Waals surface area (Å²) in [5.41, 5.74) is 5.29. The summed E-state index contributed by atoms with van der Waals surface area (Å²) in [6, 6.07) is 25.7. The third-order valence-corrected chi connectivity index (χ3v) is 11.6. The van der Waals surface area contributed by atoms with Gasteiger partial charge in [0.15, 0.2) is 0 Å². The minimum Gasteiger partial charge on any atom is -0.480 e. The lowest BCUT2D eigenvalue weighted by Crippen LogP contribution is -2.43. The van der Waals surface area contributed by atoms with Crippen LogP contribution in [0.4, 0.5) is 10.5 Å². The van der Waals surface area contributed by atoms with E-state index in [2.05, 4.69) is 10.0 Å². The molecule has 276 valence electrons. The molecule has 0 aliphatic heterocycles. The first-order chi connectivity index (χ1) is 25.1. The highest BCUT2D eigenvalue weighted by molar-refractivity contribution is 7.99. The number of rotatable bonds is 19. The van der Waals surface area contributed by atoms with Crippen molar-refractivity contribution in [1.82, 2.24) is 10.0 Å². The first-order valence-electron chi connectivity index (χ1n) is 17.3. The van der Waals surface area contributed by atoms with Crippen molar-refractivity contribution in [3.05, 3.63) is 96.1 Å². The molecule has 3 N–H and O–H groups in total. The van der Waals surface area contributed by atoms with Crippen molar-refractivity contribution >= 4 is 56.3 Å². The Bertz CT molecular complexity index is 1940. The predicted octanol–water partition coefficient (Wildman–Crippen LogP) is 6.40. The van der Waals surface area contributed by atoms with Crippen molar-refractivity contribution in [2.75, 3.05) is 50.3 Å². The molecule has 4 aromatic rings. The number of carboxylic acids is 1. The molecule has 0 saturated carbocycles. The van der Waals surface area contributed by atoms with E-state index in [1.54, 1.807) is 18.2 Å². The molecule has 1 atom stereocenters. The number of nitrogens with one attached hydrogen (secondary N) is 2. The van der Waals surface area contributed by atoms with Crippen molar-refractivity contribution in [3.8, 4) is 11.1 Å². The summed E-state index contributed by atoms with van der Waals surface area (Å²) in [7, 11) is 0.120. The van der Waals surface area contributed by atoms with E-state index in [-0.39, 0.29) is 48.7 Å². The van der Waals surface area contributed by atoms with Gasteiger partial charge in [0.1, 0.15) is 12.6 Å². The van der Waals surface area contributed by atoms with Crippen molar-refractivity contribution < 1.29 is 37.4 Å². The van der Waals surface area contributed by atoms with E-state index >= 15 is 0 Å². The van der Waals surface area contributed by atoms with Gasteiger partial charge in [-0.25, -0.2) is 22.7 Å². The molecule has 0 bridgehead atoms. The van der Waals surface area contributed by atoms with E-state index in [1.807, 2.05) is 85.7 Å². The number of anilines is 1. The normalized spacial score (nSPS) is 12.9. The SMILES string of the molecule is CN(C)c1cccc2c(S(=O)(=O)NCCCCCC(=O)OCCCSC[C@H](NC(=O)OCC3c4ccccc4-c4ccccc43)C(=O)O)cccc12. The molecule has 13 heteroatoms. The number of alkyl carbamates (subject to hydrolysis) is 1. The number of nitrogens with zero attached hydrogens (tertiary/aromatic N) is 1. The van der Waals surface area contributed by atoms with E-state index < -0.39 is 28.1 Å². The minimum atomic E-state index is -3.71. The van der Waals surface area contributed by atoms with E-state index in [1.165, 1.54) is 11.8 Å². The van der Waals surface area contributed by atoms with E-state index in [0.29, 0.717) is 36.8 Å². The number of carbonyl (C=O) groups excluding carboxylic acids is 2. The van der Waals surface area contributed by atoms with Crippen LogP contribution in [-0.4, -0.2) is 83.0 Å². The van der Waals surface area contributed by atoms with Crippen molar-refractivity contribution in [3.63, 3.8) is 0 Å². The van der Waals surface area contributed by atoms with Crippen LogP contribution >= 0.6 is 11.8 Å². The zero-order valence-electron chi connectivity index (χ0n) is 29.4. The molecule has 1 amide bonds. The average molecular weight is 748 g/mol. The van der Waals surface area contributed by atoms with Crippen LogP contribution in [-0.2, 0) is 29.1 Å². The summed E-state index contributed by atoms with van der Waals surface area (Å²) in [5, 5.41) is 13.6. The van der Waals surface area contributed by atoms with E-state index in [0.717, 1.165) is 33.3 Å². The number of carbonyl (C=O) groups is 3. The monoisotopic (exact) mass is 747 g/mol. The summed E-state index contributed by atoms with van der Waals surface area (Å²) in [6.07, 6.45) is 1.76. The van der Waals surface area contributed by atoms with Gasteiger partial charge in [0.2, 0.25) is 10.0 Å². The maximum absolute atomic E-state index is 13.1. The summed E-state index contributed by atoms with van der Waals surface area (Å²) < 4.78 is 39.6. The van der Waals surface area contributed by atoms with Crippen LogP contribution in [0.2, 0.25) is 0 Å². The fourth-order valence-corrected chi connectivity index (χ4v) is 8.57. The van der Waals surface area contributed by atoms with E-state index in [9.17, 15) is 27.9 Å². The first kappa shape index (κ1) is 38.6. The Hall–Kier alpha value is -4.59. The number of ether oxygens (including phenoxy) is 2. The van der Waals surface area contributed by atoms with Crippen LogP contribution < -0.4 is 14.9 Å². The molecule has 0 fully saturated rings. The third-order valence-electron chi connectivity index (χ3n) is 8.89. The van der Waals surface area contributed by atoms with Gasteiger partial charge in [-0.05, 0) is 59.4 Å². The van der Waals surface area contributed by atoms with Crippen LogP contribution in [0, 0.1) is 0 Å². The largest absolute Gasteiger partial charge is 0.480 e. The van der Waals surface area contributed by atoms with Gasteiger partial charge in [0, 0.05) is 55.2 Å². The Morgan fingerprint density at radius 2 is 1.50 bits per heavy atom. The van der Waals surface area contributed by atoms with Crippen LogP contribution in [0.15, 0.2) is 89.8 Å². The number of fused-ring (bicyclic) bond motifs is 4. The zero-order chi connectivity index (χ0) is 37.1. The highest BCUT2D eigenvalue weighted by Crippen LogP contribution is 2.44. The van der Waals surface area contributed by atoms with Crippen LogP contribution in [0.25, 0.3) is 21.9 Å². The highest BCUT2D eigenvalue weighted by atomic mass is 32.2. The maximum atomic E-state index is 13.1. The number of thioether (sulfide) groups is 1. The maximum Gasteiger partial charge on any atom is 0.407 e. The number of sulfonamides is 1. The van der Waals surface area contributed by atoms with Crippen LogP contribution in [0.1, 0.15) is 49.1 Å². The third kappa shape index (κ3) is 9.84. The highest BCUT2D eigenvalue weighted by Gasteiger charge is 2.30. The quantitative estimate of drug-likeness (QED) is 0.0726. The smallest absolute Gasteiger partial charge is 0.407 e. The Balaban J connectivity index is 0.931. The summed E-state index contributed by atoms with van der Waals surface area (Å²) in [5.74, 6) is -0.949. The Morgan fingerprint density at radius 1 is 0.827 bits per heavy atom. The lowest BCUT2D eigenvalue weighted by molar-refractivity contribution is -0.143. The number of esters is 1. The Morgan fingerprint density at radius 3 is 2.19 bits per heavy atom. The molecule has 0 radical (unpaired) electrons. The van der Waals surface area contributed by atoms with Crippen LogP contribution in [0.5, 0.6) is 0 Å². The molecule has 1 aliphatic carbocycles. The summed E-state index contributed by atoms with van der Waals surface area (Å²) in [4.78, 5) is 38.7. The standard InChI is InChI=1S/C39H45N3O8S2/c1-42(2)35-19-10-18-32-31(35)17-11-20-36(32)52(47,48)40-22-9-3-4-21-37(43)49-23-12-24-51-26-34(38(44)45)41-39(46)50-25-33-29-15-7-5-13-27(29)28-14-6-8-16-30(28)33/h5-8,10-11,13-20,33-34,40H,3-4,9,12,21-26H2,1-2H3,(H,41,46)(H,44,45)/t34-/m0/s1. The zero-order valence-corrected chi connectivity index (χ0v) is 31.0. The average Bonchev–Trinajstić information content (AvgIpc) is 3.45. The predicted molar refractivity (Wildman–Crippen MR) is 204 cm³/mol. The van der Waals surface area contributed by atoms with Crippen LogP contribution in [0.3, 0.4) is 0 Å². The molecule has 0 spiro atoms. The molecule has 0 unspecified atom stereocenters. The molecule has 0 saturated heterocycles. The second-order valence-corrected chi connectivity index (χ2v) is 15.6. The number of aliphatic carboxylic acids is 1. The van der Waals surface area contributed by atoms with Crippen molar-refractivity contribution in [2.24, 2.45) is 0 Å². The fraction of sp³-hybridized carbons (Fsp3) is 0.359. The molecular formula is C39H45N3O8S2. The lowest BCUT2D eigenvalue weighted by atomic mass is 9.98. The van der Waals surface area contributed by atoms with Gasteiger partial charge in [-0.2, -0.15) is 11.8 Å². The molecule has 52 heavy (non-hydrogen) atoms.